The molecule has 0 radical (unpaired) electrons. The van der Waals surface area contributed by atoms with E-state index in [1.54, 1.807) is 0 Å². The highest BCUT2D eigenvalue weighted by atomic mass is 16.7. The highest BCUT2D eigenvalue weighted by Crippen LogP contribution is 2.35. The molecule has 2 saturated heterocycles. The topological polar surface area (TPSA) is 71.0 Å². The molecule has 0 bridgehead atoms. The molecule has 0 aromatic rings. The number of hydrogen-bond acceptors (Lipinski definition) is 5. The summed E-state index contributed by atoms with van der Waals surface area (Å²) >= 11 is 0. The van der Waals surface area contributed by atoms with Gasteiger partial charge in [0.1, 0.15) is 5.60 Å². The first-order valence-electron chi connectivity index (χ1n) is 8.63. The minimum atomic E-state index is -0.892. The molecule has 0 amide bonds. The molecule has 2 aliphatic heterocycles. The lowest BCUT2D eigenvalue weighted by Gasteiger charge is -2.45. The highest BCUT2D eigenvalue weighted by Gasteiger charge is 2.44. The molecule has 2 heterocycles. The standard InChI is InChI=1S/C17H33NO4/c1-13(2)17(20)11-21-15(4,22-12-17)8-6-14(3)16(19)7-5-9-18-10-16/h13-14,18-20H,5-12H2,1-4H3. The zero-order valence-corrected chi connectivity index (χ0v) is 14.5. The van der Waals surface area contributed by atoms with Crippen LogP contribution in [-0.2, 0) is 9.47 Å². The first-order chi connectivity index (χ1) is 10.2. The van der Waals surface area contributed by atoms with Crippen molar-refractivity contribution in [2.45, 2.75) is 70.4 Å². The van der Waals surface area contributed by atoms with Gasteiger partial charge in [-0.05, 0) is 44.6 Å². The lowest BCUT2D eigenvalue weighted by molar-refractivity contribution is -0.320. The van der Waals surface area contributed by atoms with E-state index in [9.17, 15) is 10.2 Å². The van der Waals surface area contributed by atoms with Gasteiger partial charge >= 0.3 is 0 Å². The van der Waals surface area contributed by atoms with Crippen molar-refractivity contribution in [3.05, 3.63) is 0 Å². The smallest absolute Gasteiger partial charge is 0.165 e. The number of β-amino-alcohol motifs (C(OH)–C–C–N with tert-alkyl or cyclic N) is 1. The first-order valence-corrected chi connectivity index (χ1v) is 8.63. The van der Waals surface area contributed by atoms with Crippen molar-refractivity contribution in [2.75, 3.05) is 26.3 Å². The van der Waals surface area contributed by atoms with Crippen molar-refractivity contribution in [3.63, 3.8) is 0 Å². The maximum Gasteiger partial charge on any atom is 0.165 e. The van der Waals surface area contributed by atoms with Gasteiger partial charge in [0.15, 0.2) is 5.79 Å². The van der Waals surface area contributed by atoms with E-state index in [2.05, 4.69) is 12.2 Å². The molecule has 5 nitrogen and oxygen atoms in total. The molecule has 130 valence electrons. The lowest BCUT2D eigenvalue weighted by atomic mass is 9.79. The molecule has 2 atom stereocenters. The number of rotatable bonds is 5. The van der Waals surface area contributed by atoms with Crippen LogP contribution in [0.5, 0.6) is 0 Å². The van der Waals surface area contributed by atoms with Crippen LogP contribution in [-0.4, -0.2) is 53.5 Å². The second kappa shape index (κ2) is 6.73. The third-order valence-electron chi connectivity index (χ3n) is 5.67. The van der Waals surface area contributed by atoms with Gasteiger partial charge in [-0.15, -0.1) is 0 Å². The summed E-state index contributed by atoms with van der Waals surface area (Å²) < 4.78 is 11.7. The molecular weight excluding hydrogens is 282 g/mol. The molecule has 2 rings (SSSR count). The Balaban J connectivity index is 1.84. The number of hydrogen-bond donors (Lipinski definition) is 3. The van der Waals surface area contributed by atoms with E-state index in [0.29, 0.717) is 19.8 Å². The van der Waals surface area contributed by atoms with Crippen LogP contribution < -0.4 is 5.32 Å². The molecule has 0 saturated carbocycles. The Labute approximate surface area is 134 Å². The van der Waals surface area contributed by atoms with Crippen molar-refractivity contribution >= 4 is 0 Å². The van der Waals surface area contributed by atoms with Crippen molar-refractivity contribution < 1.29 is 19.7 Å². The van der Waals surface area contributed by atoms with Crippen LogP contribution in [0.25, 0.3) is 0 Å². The summed E-state index contributed by atoms with van der Waals surface area (Å²) in [6.45, 7) is 10.3. The van der Waals surface area contributed by atoms with Gasteiger partial charge in [-0.25, -0.2) is 0 Å². The van der Waals surface area contributed by atoms with E-state index in [1.165, 1.54) is 0 Å². The van der Waals surface area contributed by atoms with Crippen molar-refractivity contribution in [1.29, 1.82) is 0 Å². The van der Waals surface area contributed by atoms with Crippen LogP contribution in [0.2, 0.25) is 0 Å². The zero-order valence-electron chi connectivity index (χ0n) is 14.5. The van der Waals surface area contributed by atoms with Crippen LogP contribution in [0.3, 0.4) is 0 Å². The van der Waals surface area contributed by atoms with Gasteiger partial charge in [-0.3, -0.25) is 0 Å². The summed E-state index contributed by atoms with van der Waals surface area (Å²) in [5.41, 5.74) is -1.52. The van der Waals surface area contributed by atoms with Crippen LogP contribution in [0.15, 0.2) is 0 Å². The van der Waals surface area contributed by atoms with E-state index in [1.807, 2.05) is 20.8 Å². The van der Waals surface area contributed by atoms with Gasteiger partial charge in [0.2, 0.25) is 0 Å². The predicted molar refractivity (Wildman–Crippen MR) is 85.5 cm³/mol. The van der Waals surface area contributed by atoms with E-state index in [-0.39, 0.29) is 11.8 Å². The minimum Gasteiger partial charge on any atom is -0.388 e. The summed E-state index contributed by atoms with van der Waals surface area (Å²) in [5, 5.41) is 24.4. The van der Waals surface area contributed by atoms with Crippen LogP contribution in [0.4, 0.5) is 0 Å². The normalized spacial score (nSPS) is 41.6. The van der Waals surface area contributed by atoms with Gasteiger partial charge in [0.25, 0.3) is 0 Å². The number of aliphatic hydroxyl groups is 2. The number of ether oxygens (including phenoxy) is 2. The maximum atomic E-state index is 10.7. The quantitative estimate of drug-likeness (QED) is 0.720. The largest absolute Gasteiger partial charge is 0.388 e. The van der Waals surface area contributed by atoms with E-state index >= 15 is 0 Å². The Morgan fingerprint density at radius 2 is 1.73 bits per heavy atom. The Hall–Kier alpha value is -0.200. The molecule has 2 fully saturated rings. The average Bonchev–Trinajstić information content (AvgIpc) is 2.49. The van der Waals surface area contributed by atoms with Gasteiger partial charge in [0.05, 0.1) is 18.8 Å². The highest BCUT2D eigenvalue weighted by molar-refractivity contribution is 4.91. The Morgan fingerprint density at radius 1 is 1.09 bits per heavy atom. The van der Waals surface area contributed by atoms with E-state index in [0.717, 1.165) is 32.2 Å². The molecule has 2 aliphatic rings. The molecule has 0 spiro atoms. The molecular formula is C17H33NO4. The lowest BCUT2D eigenvalue weighted by Crippen LogP contribution is -2.55. The van der Waals surface area contributed by atoms with Crippen LogP contribution in [0.1, 0.15) is 53.4 Å². The Bertz CT molecular complexity index is 358. The molecule has 0 aromatic heterocycles. The third kappa shape index (κ3) is 4.01. The summed E-state index contributed by atoms with van der Waals surface area (Å²) in [6, 6.07) is 0. The second-order valence-electron chi connectivity index (χ2n) is 7.79. The summed E-state index contributed by atoms with van der Waals surface area (Å²) in [5.74, 6) is -0.367. The fourth-order valence-corrected chi connectivity index (χ4v) is 3.20. The van der Waals surface area contributed by atoms with E-state index in [4.69, 9.17) is 9.47 Å². The molecule has 0 aliphatic carbocycles. The Kier molecular flexibility index (Phi) is 5.55. The van der Waals surface area contributed by atoms with Gasteiger partial charge in [-0.2, -0.15) is 0 Å². The molecule has 5 heteroatoms. The fraction of sp³-hybridized carbons (Fsp3) is 1.00. The van der Waals surface area contributed by atoms with Gasteiger partial charge in [0, 0.05) is 13.0 Å². The van der Waals surface area contributed by atoms with Crippen molar-refractivity contribution in [2.24, 2.45) is 11.8 Å². The third-order valence-corrected chi connectivity index (χ3v) is 5.67. The van der Waals surface area contributed by atoms with Gasteiger partial charge in [-0.1, -0.05) is 20.8 Å². The number of piperidine rings is 1. The average molecular weight is 315 g/mol. The Morgan fingerprint density at radius 3 is 2.23 bits per heavy atom. The van der Waals surface area contributed by atoms with Crippen molar-refractivity contribution in [3.8, 4) is 0 Å². The molecule has 0 aromatic carbocycles. The minimum absolute atomic E-state index is 0.102. The molecule has 3 N–H and O–H groups in total. The first kappa shape index (κ1) is 18.1. The summed E-state index contributed by atoms with van der Waals surface area (Å²) in [7, 11) is 0. The monoisotopic (exact) mass is 315 g/mol. The molecule has 22 heavy (non-hydrogen) atoms. The maximum absolute atomic E-state index is 10.7. The van der Waals surface area contributed by atoms with Gasteiger partial charge < -0.3 is 25.0 Å². The zero-order chi connectivity index (χ0) is 16.4. The molecule has 2 unspecified atom stereocenters. The fourth-order valence-electron chi connectivity index (χ4n) is 3.20. The SMILES string of the molecule is CC(C)C1(O)COC(C)(CCC(C)C2(O)CCCNC2)OC1. The summed E-state index contributed by atoms with van der Waals surface area (Å²) in [6.07, 6.45) is 3.44. The van der Waals surface area contributed by atoms with E-state index < -0.39 is 17.0 Å². The van der Waals surface area contributed by atoms with Crippen molar-refractivity contribution in [1.82, 2.24) is 5.32 Å². The second-order valence-corrected chi connectivity index (χ2v) is 7.79. The van der Waals surface area contributed by atoms with Crippen LogP contribution in [0, 0.1) is 11.8 Å². The van der Waals surface area contributed by atoms with Crippen LogP contribution >= 0.6 is 0 Å². The predicted octanol–water partition coefficient (Wildman–Crippen LogP) is 1.67. The number of nitrogens with one attached hydrogen (secondary N) is 1. The summed E-state index contributed by atoms with van der Waals surface area (Å²) in [4.78, 5) is 0.